The highest BCUT2D eigenvalue weighted by molar-refractivity contribution is 9.10. The van der Waals surface area contributed by atoms with Crippen molar-refractivity contribution in [2.75, 3.05) is 11.4 Å². The lowest BCUT2D eigenvalue weighted by Crippen LogP contribution is -2.42. The molecule has 0 saturated heterocycles. The summed E-state index contributed by atoms with van der Waals surface area (Å²) in [5, 5.41) is 11.3. The van der Waals surface area contributed by atoms with Crippen LogP contribution in [0.5, 0.6) is 0 Å². The summed E-state index contributed by atoms with van der Waals surface area (Å²) < 4.78 is 0.863. The molecule has 5 heteroatoms. The smallest absolute Gasteiger partial charge is 0.264 e. The third-order valence-electron chi connectivity index (χ3n) is 5.29. The fourth-order valence-corrected chi connectivity index (χ4v) is 4.02. The molecule has 0 aliphatic carbocycles. The third-order valence-corrected chi connectivity index (χ3v) is 5.82. The minimum absolute atomic E-state index is 0.270. The molecular weight excluding hydrogens is 430 g/mol. The minimum Gasteiger partial charge on any atom is -0.375 e. The van der Waals surface area contributed by atoms with Gasteiger partial charge < -0.3 is 10.0 Å². The SMILES string of the molecule is O=C(C[C@@]1(O)C(=O)N(CCc2ccccc2)c2ccccc21)c1ccc(Br)cc1. The lowest BCUT2D eigenvalue weighted by molar-refractivity contribution is -0.135. The molecule has 0 fully saturated rings. The highest BCUT2D eigenvalue weighted by atomic mass is 79.9. The molecule has 0 unspecified atom stereocenters. The van der Waals surface area contributed by atoms with Crippen molar-refractivity contribution in [2.45, 2.75) is 18.4 Å². The van der Waals surface area contributed by atoms with Gasteiger partial charge in [-0.15, -0.1) is 0 Å². The van der Waals surface area contributed by atoms with Crippen LogP contribution in [0.2, 0.25) is 0 Å². The topological polar surface area (TPSA) is 57.6 Å². The maximum atomic E-state index is 13.2. The van der Waals surface area contributed by atoms with Gasteiger partial charge in [0, 0.05) is 22.1 Å². The van der Waals surface area contributed by atoms with Crippen molar-refractivity contribution in [3.8, 4) is 0 Å². The summed E-state index contributed by atoms with van der Waals surface area (Å²) in [4.78, 5) is 27.6. The molecule has 4 rings (SSSR count). The Morgan fingerprint density at radius 1 is 0.931 bits per heavy atom. The van der Waals surface area contributed by atoms with Crippen LogP contribution in [0.3, 0.4) is 0 Å². The van der Waals surface area contributed by atoms with Gasteiger partial charge in [-0.2, -0.15) is 0 Å². The fourth-order valence-electron chi connectivity index (χ4n) is 3.76. The number of Topliss-reactive ketones (excluding diaryl/α,β-unsaturated/α-hetero) is 1. The molecule has 0 radical (unpaired) electrons. The van der Waals surface area contributed by atoms with Gasteiger partial charge in [0.05, 0.1) is 12.1 Å². The first-order chi connectivity index (χ1) is 14.0. The van der Waals surface area contributed by atoms with Gasteiger partial charge in [0.1, 0.15) is 0 Å². The first kappa shape index (κ1) is 19.6. The molecule has 1 heterocycles. The van der Waals surface area contributed by atoms with Gasteiger partial charge in [-0.3, -0.25) is 9.59 Å². The summed E-state index contributed by atoms with van der Waals surface area (Å²) in [5.41, 5.74) is 0.883. The van der Waals surface area contributed by atoms with Crippen molar-refractivity contribution in [1.82, 2.24) is 0 Å². The number of para-hydroxylation sites is 1. The van der Waals surface area contributed by atoms with Gasteiger partial charge in [0.15, 0.2) is 11.4 Å². The second kappa shape index (κ2) is 7.93. The molecule has 0 spiro atoms. The highest BCUT2D eigenvalue weighted by Gasteiger charge is 2.50. The zero-order chi connectivity index (χ0) is 20.4. The van der Waals surface area contributed by atoms with Gasteiger partial charge in [0.25, 0.3) is 5.91 Å². The zero-order valence-corrected chi connectivity index (χ0v) is 17.3. The quantitative estimate of drug-likeness (QED) is 0.563. The van der Waals surface area contributed by atoms with Gasteiger partial charge in [0.2, 0.25) is 0 Å². The normalized spacial score (nSPS) is 18.0. The molecule has 1 atom stereocenters. The van der Waals surface area contributed by atoms with Crippen LogP contribution in [0.15, 0.2) is 83.3 Å². The van der Waals surface area contributed by atoms with Crippen LogP contribution in [-0.4, -0.2) is 23.3 Å². The van der Waals surface area contributed by atoms with Crippen LogP contribution in [0, 0.1) is 0 Å². The number of hydrogen-bond donors (Lipinski definition) is 1. The largest absolute Gasteiger partial charge is 0.375 e. The Morgan fingerprint density at radius 3 is 2.31 bits per heavy atom. The van der Waals surface area contributed by atoms with Crippen molar-refractivity contribution in [3.63, 3.8) is 0 Å². The van der Waals surface area contributed by atoms with Crippen molar-refractivity contribution >= 4 is 33.3 Å². The lowest BCUT2D eigenvalue weighted by atomic mass is 9.88. The third kappa shape index (κ3) is 3.76. The zero-order valence-electron chi connectivity index (χ0n) is 15.7. The summed E-state index contributed by atoms with van der Waals surface area (Å²) in [6.45, 7) is 0.439. The monoisotopic (exact) mass is 449 g/mol. The molecule has 3 aromatic rings. The van der Waals surface area contributed by atoms with E-state index < -0.39 is 11.5 Å². The number of anilines is 1. The number of aliphatic hydroxyl groups is 1. The van der Waals surface area contributed by atoms with Gasteiger partial charge in [-0.1, -0.05) is 76.6 Å². The van der Waals surface area contributed by atoms with Crippen LogP contribution in [-0.2, 0) is 16.8 Å². The van der Waals surface area contributed by atoms with Crippen LogP contribution in [0.4, 0.5) is 5.69 Å². The molecule has 1 aliphatic heterocycles. The number of nitrogens with zero attached hydrogens (tertiary/aromatic N) is 1. The van der Waals surface area contributed by atoms with Crippen LogP contribution in [0.25, 0.3) is 0 Å². The van der Waals surface area contributed by atoms with Crippen LogP contribution < -0.4 is 4.90 Å². The maximum absolute atomic E-state index is 13.2. The van der Waals surface area contributed by atoms with Gasteiger partial charge in [-0.25, -0.2) is 0 Å². The number of fused-ring (bicyclic) bond motifs is 1. The number of carbonyl (C=O) groups excluding carboxylic acids is 2. The standard InChI is InChI=1S/C24H20BrNO3/c25-19-12-10-18(11-13-19)22(27)16-24(29)20-8-4-5-9-21(20)26(23(24)28)15-14-17-6-2-1-3-7-17/h1-13,29H,14-16H2/t24-/m0/s1. The van der Waals surface area contributed by atoms with Crippen molar-refractivity contribution < 1.29 is 14.7 Å². The predicted octanol–water partition coefficient (Wildman–Crippen LogP) is 4.50. The van der Waals surface area contributed by atoms with Crippen LogP contribution >= 0.6 is 15.9 Å². The summed E-state index contributed by atoms with van der Waals surface area (Å²) >= 11 is 3.35. The fraction of sp³-hybridized carbons (Fsp3) is 0.167. The number of benzene rings is 3. The van der Waals surface area contributed by atoms with E-state index in [-0.39, 0.29) is 12.2 Å². The van der Waals surface area contributed by atoms with E-state index in [1.807, 2.05) is 42.5 Å². The second-order valence-electron chi connectivity index (χ2n) is 7.18. The van der Waals surface area contributed by atoms with E-state index >= 15 is 0 Å². The number of ketones is 1. The number of halogens is 1. The average molecular weight is 450 g/mol. The molecule has 1 N–H and O–H groups in total. The van der Waals surface area contributed by atoms with E-state index in [1.54, 1.807) is 41.3 Å². The van der Waals surface area contributed by atoms with Crippen molar-refractivity contribution in [3.05, 3.63) is 100 Å². The first-order valence-electron chi connectivity index (χ1n) is 9.45. The van der Waals surface area contributed by atoms with E-state index in [1.165, 1.54) is 0 Å². The molecule has 146 valence electrons. The minimum atomic E-state index is -1.85. The Balaban J connectivity index is 1.60. The molecular formula is C24H20BrNO3. The Hall–Kier alpha value is -2.76. The highest BCUT2D eigenvalue weighted by Crippen LogP contribution is 2.42. The maximum Gasteiger partial charge on any atom is 0.264 e. The van der Waals surface area contributed by atoms with E-state index in [0.29, 0.717) is 29.8 Å². The van der Waals surface area contributed by atoms with E-state index in [0.717, 1.165) is 10.0 Å². The summed E-state index contributed by atoms with van der Waals surface area (Å²) in [5.74, 6) is -0.715. The molecule has 1 aliphatic rings. The molecule has 3 aromatic carbocycles. The molecule has 4 nitrogen and oxygen atoms in total. The number of amides is 1. The van der Waals surface area contributed by atoms with Gasteiger partial charge in [-0.05, 0) is 30.2 Å². The van der Waals surface area contributed by atoms with Crippen LogP contribution in [0.1, 0.15) is 27.9 Å². The Bertz CT molecular complexity index is 1050. The first-order valence-corrected chi connectivity index (χ1v) is 10.2. The number of rotatable bonds is 6. The van der Waals surface area contributed by atoms with E-state index in [9.17, 15) is 14.7 Å². The number of carbonyl (C=O) groups is 2. The Labute approximate surface area is 177 Å². The molecule has 1 amide bonds. The summed E-state index contributed by atoms with van der Waals surface area (Å²) in [7, 11) is 0. The van der Waals surface area contributed by atoms with E-state index in [4.69, 9.17) is 0 Å². The summed E-state index contributed by atoms with van der Waals surface area (Å²) in [6, 6.07) is 24.0. The molecule has 29 heavy (non-hydrogen) atoms. The summed E-state index contributed by atoms with van der Waals surface area (Å²) in [6.07, 6.45) is 0.379. The van der Waals surface area contributed by atoms with Gasteiger partial charge >= 0.3 is 0 Å². The van der Waals surface area contributed by atoms with E-state index in [2.05, 4.69) is 15.9 Å². The predicted molar refractivity (Wildman–Crippen MR) is 116 cm³/mol. The lowest BCUT2D eigenvalue weighted by Gasteiger charge is -2.23. The Kier molecular flexibility index (Phi) is 5.35. The molecule has 0 bridgehead atoms. The molecule has 0 aromatic heterocycles. The molecule has 0 saturated carbocycles. The number of hydrogen-bond acceptors (Lipinski definition) is 3. The second-order valence-corrected chi connectivity index (χ2v) is 8.09. The van der Waals surface area contributed by atoms with Crippen molar-refractivity contribution in [1.29, 1.82) is 0 Å². The van der Waals surface area contributed by atoms with Crippen molar-refractivity contribution in [2.24, 2.45) is 0 Å². The Morgan fingerprint density at radius 2 is 1.59 bits per heavy atom. The average Bonchev–Trinajstić information content (AvgIpc) is 2.95.